The number of hydrogen-bond donors (Lipinski definition) is 0. The van der Waals surface area contributed by atoms with Crippen LogP contribution in [0, 0.1) is 5.92 Å². The van der Waals surface area contributed by atoms with E-state index in [-0.39, 0.29) is 41.2 Å². The van der Waals surface area contributed by atoms with E-state index in [0.29, 0.717) is 24.3 Å². The summed E-state index contributed by atoms with van der Waals surface area (Å²) in [6.07, 6.45) is 0.0493. The van der Waals surface area contributed by atoms with Crippen molar-refractivity contribution in [1.29, 1.82) is 0 Å². The molecule has 1 amide bonds. The number of piperidine rings is 1. The van der Waals surface area contributed by atoms with Gasteiger partial charge in [0.1, 0.15) is 16.4 Å². The highest BCUT2D eigenvalue weighted by Crippen LogP contribution is 2.36. The molecule has 0 saturated carbocycles. The zero-order valence-electron chi connectivity index (χ0n) is 18.8. The Morgan fingerprint density at radius 3 is 2.62 bits per heavy atom. The third-order valence-electron chi connectivity index (χ3n) is 5.98. The van der Waals surface area contributed by atoms with Gasteiger partial charge in [-0.05, 0) is 43.2 Å². The van der Waals surface area contributed by atoms with Crippen LogP contribution in [0.1, 0.15) is 12.8 Å². The molecule has 2 aliphatic heterocycles. The van der Waals surface area contributed by atoms with Crippen molar-refractivity contribution in [3.63, 3.8) is 0 Å². The number of hydrogen-bond acceptors (Lipinski definition) is 7. The summed E-state index contributed by atoms with van der Waals surface area (Å²) in [6, 6.07) is 11.3. The maximum absolute atomic E-state index is 13.6. The van der Waals surface area contributed by atoms with Gasteiger partial charge in [0, 0.05) is 18.1 Å². The summed E-state index contributed by atoms with van der Waals surface area (Å²) in [5.74, 6) is -0.892. The van der Waals surface area contributed by atoms with Crippen LogP contribution in [0.2, 0.25) is 5.02 Å². The molecule has 11 heteroatoms. The Labute approximate surface area is 203 Å². The fourth-order valence-corrected chi connectivity index (χ4v) is 6.21. The van der Waals surface area contributed by atoms with Crippen LogP contribution >= 0.6 is 11.6 Å². The molecule has 4 rings (SSSR count). The molecule has 0 aromatic heterocycles. The van der Waals surface area contributed by atoms with E-state index in [4.69, 9.17) is 25.8 Å². The zero-order valence-corrected chi connectivity index (χ0v) is 20.3. The molecule has 2 heterocycles. The summed E-state index contributed by atoms with van der Waals surface area (Å²) in [4.78, 5) is 27.2. The van der Waals surface area contributed by atoms with Gasteiger partial charge in [0.2, 0.25) is 22.0 Å². The Morgan fingerprint density at radius 2 is 1.88 bits per heavy atom. The fraction of sp³-hybridized carbons (Fsp3) is 0.391. The van der Waals surface area contributed by atoms with Crippen molar-refractivity contribution in [2.24, 2.45) is 5.92 Å². The Kier molecular flexibility index (Phi) is 7.01. The molecule has 2 aromatic carbocycles. The first-order valence-electron chi connectivity index (χ1n) is 10.7. The standard InChI is InChI=1S/C23H25ClN2O7S/c1-31-19-10-9-16(24)12-21(19)34(29,30)25-11-5-6-15(13-25)22(27)26-14-20(23(28)32-2)33-18-8-4-3-7-17(18)26/h3-4,7-10,12,15,20H,5-6,11,13-14H2,1-2H3/t15-,20-/m1/s1. The second-order valence-electron chi connectivity index (χ2n) is 8.04. The minimum atomic E-state index is -3.96. The van der Waals surface area contributed by atoms with Crippen LogP contribution in [0.3, 0.4) is 0 Å². The first-order chi connectivity index (χ1) is 16.3. The van der Waals surface area contributed by atoms with Crippen molar-refractivity contribution in [3.8, 4) is 11.5 Å². The Hall–Kier alpha value is -2.82. The van der Waals surface area contributed by atoms with Crippen LogP contribution in [0.25, 0.3) is 0 Å². The number of carbonyl (C=O) groups excluding carboxylic acids is 2. The number of fused-ring (bicyclic) bond motifs is 1. The quantitative estimate of drug-likeness (QED) is 0.572. The third-order valence-corrected chi connectivity index (χ3v) is 8.10. The van der Waals surface area contributed by atoms with E-state index in [2.05, 4.69) is 0 Å². The number of halogens is 1. The monoisotopic (exact) mass is 508 g/mol. The summed E-state index contributed by atoms with van der Waals surface area (Å²) in [5, 5.41) is 0.266. The number of amides is 1. The van der Waals surface area contributed by atoms with Crippen LogP contribution in [-0.2, 0) is 24.3 Å². The van der Waals surface area contributed by atoms with Gasteiger partial charge in [-0.2, -0.15) is 4.31 Å². The predicted molar refractivity (Wildman–Crippen MR) is 125 cm³/mol. The Morgan fingerprint density at radius 1 is 1.12 bits per heavy atom. The number of sulfonamides is 1. The van der Waals surface area contributed by atoms with Crippen molar-refractivity contribution < 1.29 is 32.2 Å². The lowest BCUT2D eigenvalue weighted by Gasteiger charge is -2.38. The van der Waals surface area contributed by atoms with E-state index >= 15 is 0 Å². The van der Waals surface area contributed by atoms with Crippen molar-refractivity contribution in [2.45, 2.75) is 23.8 Å². The first kappa shape index (κ1) is 24.3. The third kappa shape index (κ3) is 4.57. The lowest BCUT2D eigenvalue weighted by molar-refractivity contribution is -0.148. The smallest absolute Gasteiger partial charge is 0.348 e. The van der Waals surface area contributed by atoms with Crippen molar-refractivity contribution in [2.75, 3.05) is 38.8 Å². The van der Waals surface area contributed by atoms with Crippen LogP contribution in [0.5, 0.6) is 11.5 Å². The van der Waals surface area contributed by atoms with Crippen LogP contribution in [0.4, 0.5) is 5.69 Å². The van der Waals surface area contributed by atoms with Crippen LogP contribution in [-0.4, -0.2) is 64.6 Å². The molecule has 0 spiro atoms. The average Bonchev–Trinajstić information content (AvgIpc) is 2.87. The van der Waals surface area contributed by atoms with E-state index in [1.165, 1.54) is 35.6 Å². The van der Waals surface area contributed by atoms with Crippen LogP contribution < -0.4 is 14.4 Å². The molecule has 1 fully saturated rings. The predicted octanol–water partition coefficient (Wildman–Crippen LogP) is 2.72. The molecule has 0 radical (unpaired) electrons. The molecule has 182 valence electrons. The zero-order chi connectivity index (χ0) is 24.5. The molecular formula is C23H25ClN2O7S. The molecule has 2 aromatic rings. The highest BCUT2D eigenvalue weighted by Gasteiger charge is 2.40. The summed E-state index contributed by atoms with van der Waals surface area (Å²) >= 11 is 6.05. The summed E-state index contributed by atoms with van der Waals surface area (Å²) < 4.78 is 43.9. The number of anilines is 1. The van der Waals surface area contributed by atoms with E-state index in [1.807, 2.05) is 0 Å². The molecule has 0 aliphatic carbocycles. The second-order valence-corrected chi connectivity index (χ2v) is 10.4. The lowest BCUT2D eigenvalue weighted by atomic mass is 9.97. The molecular weight excluding hydrogens is 484 g/mol. The second kappa shape index (κ2) is 9.81. The Balaban J connectivity index is 1.60. The topological polar surface area (TPSA) is 102 Å². The molecule has 0 unspecified atom stereocenters. The fourth-order valence-electron chi connectivity index (χ4n) is 4.27. The maximum atomic E-state index is 13.6. The van der Waals surface area contributed by atoms with Gasteiger partial charge in [-0.25, -0.2) is 13.2 Å². The van der Waals surface area contributed by atoms with Gasteiger partial charge in [-0.3, -0.25) is 4.79 Å². The maximum Gasteiger partial charge on any atom is 0.348 e. The number of para-hydroxylation sites is 2. The number of methoxy groups -OCH3 is 2. The van der Waals surface area contributed by atoms with E-state index in [0.717, 1.165) is 0 Å². The van der Waals surface area contributed by atoms with Gasteiger partial charge in [-0.15, -0.1) is 0 Å². The van der Waals surface area contributed by atoms with Crippen molar-refractivity contribution in [1.82, 2.24) is 4.31 Å². The lowest BCUT2D eigenvalue weighted by Crippen LogP contribution is -2.52. The summed E-state index contributed by atoms with van der Waals surface area (Å²) in [6.45, 7) is 0.249. The minimum absolute atomic E-state index is 0.000745. The molecule has 2 atom stereocenters. The van der Waals surface area contributed by atoms with Gasteiger partial charge in [0.15, 0.2) is 0 Å². The molecule has 0 bridgehead atoms. The number of rotatable bonds is 5. The van der Waals surface area contributed by atoms with E-state index < -0.39 is 28.0 Å². The average molecular weight is 509 g/mol. The number of esters is 1. The van der Waals surface area contributed by atoms with Gasteiger partial charge in [0.05, 0.1) is 32.4 Å². The van der Waals surface area contributed by atoms with Gasteiger partial charge < -0.3 is 19.1 Å². The molecule has 1 saturated heterocycles. The summed E-state index contributed by atoms with van der Waals surface area (Å²) in [5.41, 5.74) is 0.532. The highest BCUT2D eigenvalue weighted by molar-refractivity contribution is 7.89. The normalized spacial score (nSPS) is 20.7. The molecule has 2 aliphatic rings. The Bertz CT molecular complexity index is 1200. The number of benzene rings is 2. The molecule has 9 nitrogen and oxygen atoms in total. The van der Waals surface area contributed by atoms with E-state index in [1.54, 1.807) is 30.3 Å². The number of carbonyl (C=O) groups is 2. The number of ether oxygens (including phenoxy) is 3. The first-order valence-corrected chi connectivity index (χ1v) is 12.6. The summed E-state index contributed by atoms with van der Waals surface area (Å²) in [7, 11) is -1.32. The SMILES string of the molecule is COC(=O)[C@H]1CN(C(=O)[C@@H]2CCCN(S(=O)(=O)c3cc(Cl)ccc3OC)C2)c2ccccc2O1. The van der Waals surface area contributed by atoms with E-state index in [9.17, 15) is 18.0 Å². The molecule has 34 heavy (non-hydrogen) atoms. The highest BCUT2D eigenvalue weighted by atomic mass is 35.5. The van der Waals surface area contributed by atoms with Gasteiger partial charge in [0.25, 0.3) is 0 Å². The van der Waals surface area contributed by atoms with Crippen LogP contribution in [0.15, 0.2) is 47.4 Å². The van der Waals surface area contributed by atoms with Gasteiger partial charge in [-0.1, -0.05) is 23.7 Å². The minimum Gasteiger partial charge on any atom is -0.495 e. The van der Waals surface area contributed by atoms with Crippen molar-refractivity contribution >= 4 is 39.2 Å². The largest absolute Gasteiger partial charge is 0.495 e. The molecule has 0 N–H and O–H groups in total. The number of nitrogens with zero attached hydrogens (tertiary/aromatic N) is 2. The van der Waals surface area contributed by atoms with Crippen molar-refractivity contribution in [3.05, 3.63) is 47.5 Å². The van der Waals surface area contributed by atoms with Gasteiger partial charge >= 0.3 is 5.97 Å².